The molecule has 174 valence electrons. The second kappa shape index (κ2) is 8.80. The van der Waals surface area contributed by atoms with Crippen LogP contribution in [0.2, 0.25) is 0 Å². The molecule has 0 aliphatic heterocycles. The van der Waals surface area contributed by atoms with E-state index in [1.54, 1.807) is 5.57 Å². The number of rotatable bonds is 5. The van der Waals surface area contributed by atoms with Crippen molar-refractivity contribution in [3.63, 3.8) is 0 Å². The molecular formula is C28H44O3. The van der Waals surface area contributed by atoms with Crippen molar-refractivity contribution in [2.45, 2.75) is 110 Å². The fourth-order valence-corrected chi connectivity index (χ4v) is 7.56. The van der Waals surface area contributed by atoms with E-state index in [0.717, 1.165) is 36.3 Å². The van der Waals surface area contributed by atoms with E-state index < -0.39 is 17.8 Å². The van der Waals surface area contributed by atoms with Gasteiger partial charge in [0.15, 0.2) is 0 Å². The second-order valence-corrected chi connectivity index (χ2v) is 12.0. The minimum absolute atomic E-state index is 0.381. The minimum atomic E-state index is -0.552. The highest BCUT2D eigenvalue weighted by molar-refractivity contribution is 5.42. The summed E-state index contributed by atoms with van der Waals surface area (Å²) in [4.78, 5) is 0. The summed E-state index contributed by atoms with van der Waals surface area (Å²) in [6, 6.07) is 0. The molecule has 4 aliphatic rings. The van der Waals surface area contributed by atoms with Gasteiger partial charge >= 0.3 is 0 Å². The third-order valence-electron chi connectivity index (χ3n) is 9.23. The zero-order valence-corrected chi connectivity index (χ0v) is 20.1. The first kappa shape index (κ1) is 23.3. The van der Waals surface area contributed by atoms with E-state index in [0.29, 0.717) is 36.0 Å². The molecule has 3 heteroatoms. The van der Waals surface area contributed by atoms with Crippen LogP contribution < -0.4 is 0 Å². The lowest BCUT2D eigenvalue weighted by atomic mass is 9.57. The SMILES string of the molecule is C[C@H](CCCC(C)(C)O)[C@H]1CC[C@H]2/C3=C/C=C4/C[C@@H](O)C[C@H](O)/C4=C/C[C@H]3CC[C@]12C. The molecule has 3 N–H and O–H groups in total. The van der Waals surface area contributed by atoms with Gasteiger partial charge in [0.2, 0.25) is 0 Å². The molecule has 31 heavy (non-hydrogen) atoms. The van der Waals surface area contributed by atoms with Crippen LogP contribution in [-0.2, 0) is 0 Å². The summed E-state index contributed by atoms with van der Waals surface area (Å²) >= 11 is 0. The van der Waals surface area contributed by atoms with Crippen LogP contribution in [0.25, 0.3) is 0 Å². The summed E-state index contributed by atoms with van der Waals surface area (Å²) in [5.41, 5.74) is 3.67. The number of hydrogen-bond acceptors (Lipinski definition) is 3. The monoisotopic (exact) mass is 428 g/mol. The van der Waals surface area contributed by atoms with Crippen LogP contribution in [0.15, 0.2) is 34.9 Å². The van der Waals surface area contributed by atoms with Gasteiger partial charge in [-0.15, -0.1) is 0 Å². The zero-order valence-electron chi connectivity index (χ0n) is 20.1. The molecule has 0 amide bonds. The van der Waals surface area contributed by atoms with Crippen molar-refractivity contribution in [3.8, 4) is 0 Å². The Balaban J connectivity index is 1.52. The van der Waals surface area contributed by atoms with E-state index in [-0.39, 0.29) is 0 Å². The van der Waals surface area contributed by atoms with Crippen molar-refractivity contribution >= 4 is 0 Å². The Hall–Kier alpha value is -0.900. The first-order valence-electron chi connectivity index (χ1n) is 12.8. The van der Waals surface area contributed by atoms with Crippen LogP contribution in [0.5, 0.6) is 0 Å². The smallest absolute Gasteiger partial charge is 0.0814 e. The van der Waals surface area contributed by atoms with Gasteiger partial charge in [-0.05, 0) is 99.0 Å². The molecule has 0 heterocycles. The van der Waals surface area contributed by atoms with Crippen molar-refractivity contribution in [1.82, 2.24) is 0 Å². The quantitative estimate of drug-likeness (QED) is 0.526. The summed E-state index contributed by atoms with van der Waals surface area (Å²) in [7, 11) is 0. The van der Waals surface area contributed by atoms with Gasteiger partial charge in [-0.1, -0.05) is 50.5 Å². The summed E-state index contributed by atoms with van der Waals surface area (Å²) < 4.78 is 0. The van der Waals surface area contributed by atoms with Crippen LogP contribution in [0.1, 0.15) is 91.9 Å². The maximum absolute atomic E-state index is 10.5. The Morgan fingerprint density at radius 3 is 2.68 bits per heavy atom. The number of aliphatic hydroxyl groups excluding tert-OH is 2. The lowest BCUT2D eigenvalue weighted by Gasteiger charge is -2.47. The lowest BCUT2D eigenvalue weighted by Crippen LogP contribution is -2.39. The molecule has 3 nitrogen and oxygen atoms in total. The first-order chi connectivity index (χ1) is 14.6. The average molecular weight is 429 g/mol. The van der Waals surface area contributed by atoms with Crippen molar-refractivity contribution in [3.05, 3.63) is 34.9 Å². The summed E-state index contributed by atoms with van der Waals surface area (Å²) in [6.07, 6.45) is 16.5. The molecule has 0 bridgehead atoms. The van der Waals surface area contributed by atoms with Gasteiger partial charge in [-0.2, -0.15) is 0 Å². The fraction of sp³-hybridized carbons (Fsp3) is 0.786. The summed E-state index contributed by atoms with van der Waals surface area (Å²) in [5, 5.41) is 30.7. The normalized spacial score (nSPS) is 44.2. The molecule has 0 aromatic rings. The zero-order chi connectivity index (χ0) is 22.4. The highest BCUT2D eigenvalue weighted by atomic mass is 16.3. The fourth-order valence-electron chi connectivity index (χ4n) is 7.56. The van der Waals surface area contributed by atoms with E-state index in [1.807, 2.05) is 13.8 Å². The van der Waals surface area contributed by atoms with Gasteiger partial charge < -0.3 is 15.3 Å². The van der Waals surface area contributed by atoms with Gasteiger partial charge in [-0.3, -0.25) is 0 Å². The topological polar surface area (TPSA) is 60.7 Å². The Kier molecular flexibility index (Phi) is 6.60. The van der Waals surface area contributed by atoms with Gasteiger partial charge in [0.1, 0.15) is 0 Å². The van der Waals surface area contributed by atoms with E-state index in [1.165, 1.54) is 32.1 Å². The molecule has 3 saturated carbocycles. The Morgan fingerprint density at radius 1 is 1.16 bits per heavy atom. The maximum atomic E-state index is 10.5. The third kappa shape index (κ3) is 4.75. The van der Waals surface area contributed by atoms with Crippen LogP contribution in [0.3, 0.4) is 0 Å². The average Bonchev–Trinajstić information content (AvgIpc) is 3.00. The summed E-state index contributed by atoms with van der Waals surface area (Å²) in [5.74, 6) is 2.74. The lowest BCUT2D eigenvalue weighted by molar-refractivity contribution is 0.0565. The molecule has 0 spiro atoms. The van der Waals surface area contributed by atoms with Crippen molar-refractivity contribution in [2.75, 3.05) is 0 Å². The molecule has 0 unspecified atom stereocenters. The van der Waals surface area contributed by atoms with Crippen LogP contribution in [0, 0.1) is 29.1 Å². The van der Waals surface area contributed by atoms with Gasteiger partial charge in [-0.25, -0.2) is 0 Å². The number of allylic oxidation sites excluding steroid dienone is 4. The highest BCUT2D eigenvalue weighted by Gasteiger charge is 2.52. The van der Waals surface area contributed by atoms with Crippen LogP contribution in [0.4, 0.5) is 0 Å². The predicted molar refractivity (Wildman–Crippen MR) is 126 cm³/mol. The predicted octanol–water partition coefficient (Wildman–Crippen LogP) is 5.70. The maximum Gasteiger partial charge on any atom is 0.0814 e. The Morgan fingerprint density at radius 2 is 1.94 bits per heavy atom. The van der Waals surface area contributed by atoms with Crippen molar-refractivity contribution in [1.29, 1.82) is 0 Å². The molecule has 0 aromatic heterocycles. The van der Waals surface area contributed by atoms with Gasteiger partial charge in [0.25, 0.3) is 0 Å². The van der Waals surface area contributed by atoms with Crippen molar-refractivity contribution in [2.24, 2.45) is 29.1 Å². The highest BCUT2D eigenvalue weighted by Crippen LogP contribution is 2.61. The van der Waals surface area contributed by atoms with Crippen LogP contribution in [-0.4, -0.2) is 33.1 Å². The van der Waals surface area contributed by atoms with E-state index >= 15 is 0 Å². The molecule has 4 aliphatic carbocycles. The standard InChI is InChI=1S/C28H44O3/c1-18(6-5-14-27(2,3)31)24-11-12-25-22-9-8-20-16-21(29)17-26(30)23(20)10-7-19(22)13-15-28(24,25)4/h8-10,18-19,21,24-26,29-31H,5-7,11-17H2,1-4H3/b20-8-,22-9+,23-10+/t18-,19+,21-,24-,25+,26+,28-/m1/s1. The van der Waals surface area contributed by atoms with Crippen LogP contribution >= 0.6 is 0 Å². The number of hydrogen-bond donors (Lipinski definition) is 3. The Bertz CT molecular complexity index is 755. The molecular weight excluding hydrogens is 384 g/mol. The Labute approximate surface area is 189 Å². The van der Waals surface area contributed by atoms with E-state index in [4.69, 9.17) is 0 Å². The molecule has 4 rings (SSSR count). The summed E-state index contributed by atoms with van der Waals surface area (Å²) in [6.45, 7) is 8.85. The third-order valence-corrected chi connectivity index (χ3v) is 9.23. The minimum Gasteiger partial charge on any atom is -0.393 e. The number of aliphatic hydroxyl groups is 3. The first-order valence-corrected chi connectivity index (χ1v) is 12.8. The second-order valence-electron chi connectivity index (χ2n) is 12.0. The van der Waals surface area contributed by atoms with E-state index in [2.05, 4.69) is 32.1 Å². The molecule has 0 saturated heterocycles. The van der Waals surface area contributed by atoms with E-state index in [9.17, 15) is 15.3 Å². The van der Waals surface area contributed by atoms with Gasteiger partial charge in [0.05, 0.1) is 17.8 Å². The largest absolute Gasteiger partial charge is 0.393 e. The van der Waals surface area contributed by atoms with Crippen molar-refractivity contribution < 1.29 is 15.3 Å². The molecule has 0 aromatic carbocycles. The number of fused-ring (bicyclic) bond motifs is 4. The molecule has 0 radical (unpaired) electrons. The van der Waals surface area contributed by atoms with Gasteiger partial charge in [0, 0.05) is 6.42 Å². The molecule has 3 fully saturated rings. The molecule has 7 atom stereocenters.